The first kappa shape index (κ1) is 16.8. The number of rotatable bonds is 5. The summed E-state index contributed by atoms with van der Waals surface area (Å²) in [6.07, 6.45) is 0. The van der Waals surface area contributed by atoms with E-state index in [-0.39, 0.29) is 17.5 Å². The molecule has 0 amide bonds. The van der Waals surface area contributed by atoms with Crippen LogP contribution in [0.2, 0.25) is 0 Å². The van der Waals surface area contributed by atoms with Crippen molar-refractivity contribution in [3.63, 3.8) is 0 Å². The largest absolute Gasteiger partial charge is 0.467 e. The number of nitrogen functional groups attached to an aromatic ring is 1. The van der Waals surface area contributed by atoms with Crippen LogP contribution >= 0.6 is 0 Å². The van der Waals surface area contributed by atoms with Gasteiger partial charge in [0.1, 0.15) is 6.04 Å². The molecule has 0 radical (unpaired) electrons. The van der Waals surface area contributed by atoms with Crippen LogP contribution in [-0.2, 0) is 14.3 Å². The van der Waals surface area contributed by atoms with Crippen molar-refractivity contribution in [2.75, 3.05) is 25.3 Å². The summed E-state index contributed by atoms with van der Waals surface area (Å²) in [4.78, 5) is 23.5. The number of esters is 2. The summed E-state index contributed by atoms with van der Waals surface area (Å²) in [5.41, 5.74) is 7.87. The molecule has 1 rings (SSSR count). The molecule has 21 heavy (non-hydrogen) atoms. The molecule has 0 aliphatic carbocycles. The fraction of sp³-hybridized carbons (Fsp3) is 0.467. The van der Waals surface area contributed by atoms with Crippen LogP contribution in [0.5, 0.6) is 0 Å². The minimum Gasteiger partial charge on any atom is -0.467 e. The van der Waals surface area contributed by atoms with E-state index in [1.807, 2.05) is 13.8 Å². The van der Waals surface area contributed by atoms with E-state index in [1.165, 1.54) is 14.2 Å². The van der Waals surface area contributed by atoms with E-state index in [1.54, 1.807) is 19.1 Å². The van der Waals surface area contributed by atoms with Crippen LogP contribution in [0.3, 0.4) is 0 Å². The van der Waals surface area contributed by atoms with Gasteiger partial charge in [-0.05, 0) is 30.5 Å². The Morgan fingerprint density at radius 2 is 1.81 bits per heavy atom. The molecule has 0 aliphatic rings. The Hall–Kier alpha value is -2.24. The molecule has 116 valence electrons. The van der Waals surface area contributed by atoms with Crippen molar-refractivity contribution in [1.82, 2.24) is 0 Å². The summed E-state index contributed by atoms with van der Waals surface area (Å²) in [7, 11) is 2.64. The number of ether oxygens (including phenoxy) is 2. The van der Waals surface area contributed by atoms with Crippen molar-refractivity contribution < 1.29 is 19.1 Å². The number of hydrogen-bond donors (Lipinski definition) is 2. The zero-order chi connectivity index (χ0) is 16.2. The molecule has 6 heteroatoms. The molecular formula is C15H22N2O4. The lowest BCUT2D eigenvalue weighted by Gasteiger charge is -2.22. The maximum Gasteiger partial charge on any atom is 0.340 e. The van der Waals surface area contributed by atoms with Gasteiger partial charge in [0.15, 0.2) is 0 Å². The Kier molecular flexibility index (Phi) is 5.58. The zero-order valence-corrected chi connectivity index (χ0v) is 13.0. The Morgan fingerprint density at radius 3 is 2.29 bits per heavy atom. The lowest BCUT2D eigenvalue weighted by atomic mass is 10.0. The molecule has 0 saturated heterocycles. The molecule has 0 spiro atoms. The normalized spacial score (nSPS) is 11.9. The van der Waals surface area contributed by atoms with Crippen LogP contribution in [0.1, 0.15) is 29.8 Å². The maximum atomic E-state index is 11.8. The van der Waals surface area contributed by atoms with E-state index >= 15 is 0 Å². The number of carbonyl (C=O) groups is 2. The zero-order valence-electron chi connectivity index (χ0n) is 13.0. The second-order valence-corrected chi connectivity index (χ2v) is 5.14. The summed E-state index contributed by atoms with van der Waals surface area (Å²) in [5.74, 6) is -0.852. The number of aryl methyl sites for hydroxylation is 1. The van der Waals surface area contributed by atoms with Crippen LogP contribution in [-0.4, -0.2) is 32.2 Å². The number of benzene rings is 1. The van der Waals surface area contributed by atoms with E-state index in [0.29, 0.717) is 11.4 Å². The van der Waals surface area contributed by atoms with E-state index in [4.69, 9.17) is 15.2 Å². The minimum absolute atomic E-state index is 0.0249. The SMILES string of the molecule is COC(=O)c1cc(NC(C(=O)OC)C(C)C)cc(C)c1N. The van der Waals surface area contributed by atoms with Gasteiger partial charge in [0, 0.05) is 11.4 Å². The summed E-state index contributed by atoms with van der Waals surface area (Å²) in [5, 5.41) is 3.08. The fourth-order valence-corrected chi connectivity index (χ4v) is 1.96. The van der Waals surface area contributed by atoms with Gasteiger partial charge in [0.05, 0.1) is 19.8 Å². The highest BCUT2D eigenvalue weighted by molar-refractivity contribution is 5.97. The standard InChI is InChI=1S/C15H22N2O4/c1-8(2)13(15(19)21-5)17-10-6-9(3)12(16)11(7-10)14(18)20-4/h6-8,13,17H,16H2,1-5H3. The molecule has 0 bridgehead atoms. The number of carbonyl (C=O) groups excluding carboxylic acids is 2. The Labute approximate surface area is 124 Å². The van der Waals surface area contributed by atoms with Crippen molar-refractivity contribution in [1.29, 1.82) is 0 Å². The van der Waals surface area contributed by atoms with Crippen LogP contribution in [0.25, 0.3) is 0 Å². The monoisotopic (exact) mass is 294 g/mol. The number of nitrogens with one attached hydrogen (secondary N) is 1. The minimum atomic E-state index is -0.515. The Balaban J connectivity index is 3.16. The third-order valence-corrected chi connectivity index (χ3v) is 3.24. The molecule has 1 aromatic carbocycles. The van der Waals surface area contributed by atoms with E-state index in [0.717, 1.165) is 5.56 Å². The van der Waals surface area contributed by atoms with Crippen LogP contribution < -0.4 is 11.1 Å². The Bertz CT molecular complexity index is 541. The van der Waals surface area contributed by atoms with Gasteiger partial charge < -0.3 is 20.5 Å². The summed E-state index contributed by atoms with van der Waals surface area (Å²) in [6, 6.07) is 2.84. The van der Waals surface area contributed by atoms with Gasteiger partial charge in [-0.25, -0.2) is 9.59 Å². The van der Waals surface area contributed by atoms with Crippen molar-refractivity contribution in [3.05, 3.63) is 23.3 Å². The third-order valence-electron chi connectivity index (χ3n) is 3.24. The van der Waals surface area contributed by atoms with Gasteiger partial charge in [-0.2, -0.15) is 0 Å². The third kappa shape index (κ3) is 3.87. The predicted molar refractivity (Wildman–Crippen MR) is 81.2 cm³/mol. The van der Waals surface area contributed by atoms with Crippen molar-refractivity contribution in [2.45, 2.75) is 26.8 Å². The molecule has 0 aromatic heterocycles. The number of hydrogen-bond acceptors (Lipinski definition) is 6. The van der Waals surface area contributed by atoms with Gasteiger partial charge >= 0.3 is 11.9 Å². The van der Waals surface area contributed by atoms with Gasteiger partial charge in [-0.3, -0.25) is 0 Å². The lowest BCUT2D eigenvalue weighted by molar-refractivity contribution is -0.142. The first-order chi connectivity index (χ1) is 9.81. The average Bonchev–Trinajstić information content (AvgIpc) is 2.46. The first-order valence-electron chi connectivity index (χ1n) is 6.64. The van der Waals surface area contributed by atoms with Crippen LogP contribution in [0, 0.1) is 12.8 Å². The van der Waals surface area contributed by atoms with E-state index in [2.05, 4.69) is 5.32 Å². The summed E-state index contributed by atoms with van der Waals surface area (Å²) in [6.45, 7) is 5.59. The molecule has 3 N–H and O–H groups in total. The van der Waals surface area contributed by atoms with Crippen molar-refractivity contribution in [3.8, 4) is 0 Å². The van der Waals surface area contributed by atoms with Crippen LogP contribution in [0.15, 0.2) is 12.1 Å². The Morgan fingerprint density at radius 1 is 1.19 bits per heavy atom. The molecule has 0 saturated carbocycles. The average molecular weight is 294 g/mol. The second-order valence-electron chi connectivity index (χ2n) is 5.14. The smallest absolute Gasteiger partial charge is 0.340 e. The van der Waals surface area contributed by atoms with Crippen molar-refractivity contribution in [2.24, 2.45) is 5.92 Å². The van der Waals surface area contributed by atoms with Crippen molar-refractivity contribution >= 4 is 23.3 Å². The highest BCUT2D eigenvalue weighted by atomic mass is 16.5. The molecule has 6 nitrogen and oxygen atoms in total. The molecule has 0 fully saturated rings. The molecule has 1 aromatic rings. The topological polar surface area (TPSA) is 90.6 Å². The maximum absolute atomic E-state index is 11.8. The van der Waals surface area contributed by atoms with Gasteiger partial charge in [-0.1, -0.05) is 13.8 Å². The highest BCUT2D eigenvalue weighted by Crippen LogP contribution is 2.25. The highest BCUT2D eigenvalue weighted by Gasteiger charge is 2.23. The molecule has 1 unspecified atom stereocenters. The second kappa shape index (κ2) is 6.97. The van der Waals surface area contributed by atoms with Gasteiger partial charge in [0.2, 0.25) is 0 Å². The molecule has 0 aliphatic heterocycles. The fourth-order valence-electron chi connectivity index (χ4n) is 1.96. The van der Waals surface area contributed by atoms with E-state index in [9.17, 15) is 9.59 Å². The quantitative estimate of drug-likeness (QED) is 0.637. The van der Waals surface area contributed by atoms with Crippen LogP contribution in [0.4, 0.5) is 11.4 Å². The number of anilines is 2. The molecular weight excluding hydrogens is 272 g/mol. The first-order valence-corrected chi connectivity index (χ1v) is 6.64. The summed E-state index contributed by atoms with van der Waals surface area (Å²) < 4.78 is 9.49. The molecule has 0 heterocycles. The van der Waals surface area contributed by atoms with Gasteiger partial charge in [0.25, 0.3) is 0 Å². The number of nitrogens with two attached hydrogens (primary N) is 1. The molecule has 1 atom stereocenters. The van der Waals surface area contributed by atoms with Gasteiger partial charge in [-0.15, -0.1) is 0 Å². The summed E-state index contributed by atoms with van der Waals surface area (Å²) >= 11 is 0. The number of methoxy groups -OCH3 is 2. The van der Waals surface area contributed by atoms with E-state index < -0.39 is 12.0 Å². The predicted octanol–water partition coefficient (Wildman–Crippen LogP) is 1.97. The lowest BCUT2D eigenvalue weighted by Crippen LogP contribution is -2.35.